The minimum absolute atomic E-state index is 0.102. The van der Waals surface area contributed by atoms with Gasteiger partial charge in [0, 0.05) is 6.26 Å². The lowest BCUT2D eigenvalue weighted by molar-refractivity contribution is 0.00808. The van der Waals surface area contributed by atoms with E-state index >= 15 is 0 Å². The van der Waals surface area contributed by atoms with E-state index < -0.39 is 6.16 Å². The molecule has 82 valence electrons. The number of carbonyl (C=O) groups is 1. The van der Waals surface area contributed by atoms with E-state index in [2.05, 4.69) is 4.74 Å². The fraction of sp³-hybridized carbons (Fsp3) is 0.300. The Balaban J connectivity index is 2.17. The number of benzene rings is 1. The van der Waals surface area contributed by atoms with E-state index in [-0.39, 0.29) is 13.4 Å². The fourth-order valence-electron chi connectivity index (χ4n) is 0.878. The van der Waals surface area contributed by atoms with Gasteiger partial charge in [-0.05, 0) is 17.6 Å². The summed E-state index contributed by atoms with van der Waals surface area (Å²) in [6, 6.07) is 9.38. The first kappa shape index (κ1) is 11.9. The fourth-order valence-corrected chi connectivity index (χ4v) is 1.02. The molecule has 4 nitrogen and oxygen atoms in total. The summed E-state index contributed by atoms with van der Waals surface area (Å²) < 4.78 is 14.2. The average Bonchev–Trinajstić information content (AvgIpc) is 2.28. The van der Waals surface area contributed by atoms with Crippen molar-refractivity contribution in [1.29, 1.82) is 0 Å². The van der Waals surface area contributed by atoms with E-state index in [1.807, 2.05) is 30.3 Å². The Bertz CT molecular complexity index is 289. The van der Waals surface area contributed by atoms with Crippen molar-refractivity contribution in [3.05, 3.63) is 35.9 Å². The van der Waals surface area contributed by atoms with E-state index in [1.165, 1.54) is 0 Å². The van der Waals surface area contributed by atoms with Crippen LogP contribution in [0.3, 0.4) is 0 Å². The number of ether oxygens (including phenoxy) is 2. The normalized spacial score (nSPS) is 9.67. The van der Waals surface area contributed by atoms with E-state index in [1.54, 1.807) is 6.26 Å². The number of hydrogen-bond acceptors (Lipinski definition) is 5. The van der Waals surface area contributed by atoms with Crippen molar-refractivity contribution in [1.82, 2.24) is 0 Å². The second-order valence-electron chi connectivity index (χ2n) is 2.57. The van der Waals surface area contributed by atoms with Crippen LogP contribution < -0.4 is 0 Å². The molecule has 0 aliphatic heterocycles. The summed E-state index contributed by atoms with van der Waals surface area (Å²) in [6.45, 7) is 0.105. The highest BCUT2D eigenvalue weighted by Crippen LogP contribution is 2.02. The van der Waals surface area contributed by atoms with Crippen molar-refractivity contribution in [2.45, 2.75) is 6.61 Å². The van der Waals surface area contributed by atoms with Crippen LogP contribution in [0.2, 0.25) is 0 Å². The predicted octanol–water partition coefficient (Wildman–Crippen LogP) is 2.59. The Kier molecular flexibility index (Phi) is 5.65. The molecule has 0 fully saturated rings. The molecule has 0 atom stereocenters. The van der Waals surface area contributed by atoms with Crippen LogP contribution in [-0.4, -0.2) is 19.2 Å². The van der Waals surface area contributed by atoms with Gasteiger partial charge in [0.1, 0.15) is 6.61 Å². The highest BCUT2D eigenvalue weighted by Gasteiger charge is 2.03. The predicted molar refractivity (Wildman–Crippen MR) is 57.2 cm³/mol. The summed E-state index contributed by atoms with van der Waals surface area (Å²) in [5.41, 5.74) is 0.917. The zero-order valence-corrected chi connectivity index (χ0v) is 9.16. The van der Waals surface area contributed by atoms with Crippen LogP contribution in [0.5, 0.6) is 0 Å². The van der Waals surface area contributed by atoms with Gasteiger partial charge in [0.25, 0.3) is 0 Å². The Labute approximate surface area is 92.7 Å². The lowest BCUT2D eigenvalue weighted by Crippen LogP contribution is -2.08. The van der Waals surface area contributed by atoms with Gasteiger partial charge in [-0.1, -0.05) is 30.3 Å². The molecule has 0 spiro atoms. The van der Waals surface area contributed by atoms with Crippen LogP contribution in [0.25, 0.3) is 0 Å². The zero-order chi connectivity index (χ0) is 10.9. The van der Waals surface area contributed by atoms with Gasteiger partial charge >= 0.3 is 6.16 Å². The van der Waals surface area contributed by atoms with Crippen molar-refractivity contribution < 1.29 is 18.5 Å². The molecular weight excluding hydrogens is 216 g/mol. The largest absolute Gasteiger partial charge is 0.510 e. The molecule has 0 amide bonds. The first-order valence-corrected chi connectivity index (χ1v) is 5.47. The van der Waals surface area contributed by atoms with Crippen molar-refractivity contribution in [2.24, 2.45) is 0 Å². The molecule has 0 aromatic heterocycles. The topological polar surface area (TPSA) is 44.8 Å². The summed E-state index contributed by atoms with van der Waals surface area (Å²) in [7, 11) is 0. The second-order valence-corrected chi connectivity index (χ2v) is 3.14. The van der Waals surface area contributed by atoms with Crippen LogP contribution in [0.15, 0.2) is 30.3 Å². The molecule has 0 N–H and O–H groups in total. The summed E-state index contributed by atoms with van der Waals surface area (Å²) in [5.74, 6) is 0. The summed E-state index contributed by atoms with van der Waals surface area (Å²) in [4.78, 5) is 11.0. The van der Waals surface area contributed by atoms with Crippen LogP contribution in [-0.2, 0) is 20.3 Å². The van der Waals surface area contributed by atoms with Crippen LogP contribution in [0.4, 0.5) is 4.79 Å². The second kappa shape index (κ2) is 7.14. The molecular formula is C10H12O4S. The minimum Gasteiger partial charge on any atom is -0.429 e. The van der Waals surface area contributed by atoms with E-state index in [4.69, 9.17) is 8.92 Å². The third kappa shape index (κ3) is 5.29. The molecule has 0 radical (unpaired) electrons. The molecule has 1 aromatic carbocycles. The van der Waals surface area contributed by atoms with Gasteiger partial charge in [0.05, 0.1) is 0 Å². The quantitative estimate of drug-likeness (QED) is 0.335. The summed E-state index contributed by atoms with van der Waals surface area (Å²) in [6.07, 6.45) is 1.01. The molecule has 0 bridgehead atoms. The van der Waals surface area contributed by atoms with Crippen molar-refractivity contribution in [3.63, 3.8) is 0 Å². The van der Waals surface area contributed by atoms with Gasteiger partial charge in [0.2, 0.25) is 6.79 Å². The van der Waals surface area contributed by atoms with Crippen LogP contribution in [0.1, 0.15) is 5.56 Å². The highest BCUT2D eigenvalue weighted by molar-refractivity contribution is 7.93. The van der Waals surface area contributed by atoms with Gasteiger partial charge in [0.15, 0.2) is 0 Å². The maximum Gasteiger partial charge on any atom is 0.510 e. The molecule has 1 aromatic rings. The Morgan fingerprint density at radius 3 is 2.67 bits per heavy atom. The first-order chi connectivity index (χ1) is 7.33. The lowest BCUT2D eigenvalue weighted by atomic mass is 10.2. The molecule has 0 saturated heterocycles. The van der Waals surface area contributed by atoms with Gasteiger partial charge in [-0.15, -0.1) is 0 Å². The standard InChI is InChI=1S/C10H12O4S/c1-15-14-8-13-10(11)12-7-9-5-3-2-4-6-9/h2-6H,7-8H2,1H3. The molecule has 0 unspecified atom stereocenters. The van der Waals surface area contributed by atoms with Crippen molar-refractivity contribution >= 4 is 18.2 Å². The molecule has 0 saturated carbocycles. The third-order valence-corrected chi connectivity index (χ3v) is 1.87. The van der Waals surface area contributed by atoms with Gasteiger partial charge < -0.3 is 9.47 Å². The zero-order valence-electron chi connectivity index (χ0n) is 8.34. The van der Waals surface area contributed by atoms with Crippen LogP contribution >= 0.6 is 12.0 Å². The molecule has 0 aliphatic rings. The maximum absolute atomic E-state index is 11.0. The smallest absolute Gasteiger partial charge is 0.429 e. The Morgan fingerprint density at radius 1 is 1.27 bits per heavy atom. The Morgan fingerprint density at radius 2 is 2.00 bits per heavy atom. The number of hydrogen-bond donors (Lipinski definition) is 0. The van der Waals surface area contributed by atoms with Gasteiger partial charge in [-0.2, -0.15) is 0 Å². The SMILES string of the molecule is CSOCOC(=O)OCc1ccccc1. The highest BCUT2D eigenvalue weighted by atomic mass is 32.2. The van der Waals surface area contributed by atoms with Gasteiger partial charge in [-0.3, -0.25) is 4.18 Å². The average molecular weight is 228 g/mol. The molecule has 0 aliphatic carbocycles. The third-order valence-electron chi connectivity index (χ3n) is 1.54. The monoisotopic (exact) mass is 228 g/mol. The molecule has 15 heavy (non-hydrogen) atoms. The van der Waals surface area contributed by atoms with E-state index in [0.29, 0.717) is 0 Å². The molecule has 0 heterocycles. The number of rotatable bonds is 5. The number of carbonyl (C=O) groups excluding carboxylic acids is 1. The summed E-state index contributed by atoms with van der Waals surface area (Å²) >= 11 is 1.13. The lowest BCUT2D eigenvalue weighted by Gasteiger charge is -2.05. The van der Waals surface area contributed by atoms with E-state index in [9.17, 15) is 4.79 Å². The van der Waals surface area contributed by atoms with Crippen molar-refractivity contribution in [3.8, 4) is 0 Å². The minimum atomic E-state index is -0.729. The maximum atomic E-state index is 11.0. The van der Waals surface area contributed by atoms with E-state index in [0.717, 1.165) is 17.6 Å². The van der Waals surface area contributed by atoms with Gasteiger partial charge in [-0.25, -0.2) is 4.79 Å². The summed E-state index contributed by atoms with van der Waals surface area (Å²) in [5, 5.41) is 0. The molecule has 1 rings (SSSR count). The Hall–Kier alpha value is -1.20. The van der Waals surface area contributed by atoms with Crippen LogP contribution in [0, 0.1) is 0 Å². The van der Waals surface area contributed by atoms with Crippen molar-refractivity contribution in [2.75, 3.05) is 13.0 Å². The first-order valence-electron chi connectivity index (χ1n) is 4.32. The molecule has 5 heteroatoms.